The minimum atomic E-state index is -0.204. The Labute approximate surface area is 336 Å². The van der Waals surface area contributed by atoms with E-state index in [0.29, 0.717) is 0 Å². The molecule has 3 heterocycles. The van der Waals surface area contributed by atoms with Crippen LogP contribution in [0.1, 0.15) is 58.6 Å². The maximum Gasteiger partial charge on any atom is 0.160 e. The van der Waals surface area contributed by atoms with Gasteiger partial charge in [-0.05, 0) is 106 Å². The van der Waals surface area contributed by atoms with Crippen LogP contribution in [0.25, 0.3) is 83.0 Å². The number of hydrogen-bond acceptors (Lipinski definition) is 2. The van der Waals surface area contributed by atoms with Gasteiger partial charge in [-0.2, -0.15) is 0 Å². The number of nitrogens with one attached hydrogen (secondary N) is 2. The number of rotatable bonds is 3. The fraction of sp³-hybridized carbons (Fsp3) is 0.111. The highest BCUT2D eigenvalue weighted by Gasteiger charge is 2.34. The molecule has 0 fully saturated rings. The van der Waals surface area contributed by atoms with Gasteiger partial charge in [0, 0.05) is 38.2 Å². The van der Waals surface area contributed by atoms with E-state index in [4.69, 9.17) is 0 Å². The molecule has 0 radical (unpaired) electrons. The summed E-state index contributed by atoms with van der Waals surface area (Å²) in [5.41, 5.74) is 15.6. The molecule has 58 heavy (non-hydrogen) atoms. The second kappa shape index (κ2) is 12.3. The SMILES string of the molecule is C1=Cc2c(ccc3c2c2c4ccccc4ccc2n3-c2ccc3c(c2)c2ccccc2n3C2Nc3c(c4c(c5ccccc35)C=CCC4)C(c3ccccc3)N2)CC1. The van der Waals surface area contributed by atoms with E-state index in [1.807, 2.05) is 0 Å². The average Bonchev–Trinajstić information content (AvgIpc) is 3.82. The van der Waals surface area contributed by atoms with E-state index in [2.05, 4.69) is 190 Å². The minimum Gasteiger partial charge on any atom is -0.352 e. The smallest absolute Gasteiger partial charge is 0.160 e. The second-order valence-electron chi connectivity index (χ2n) is 16.3. The summed E-state index contributed by atoms with van der Waals surface area (Å²) in [6.07, 6.45) is 13.5. The Bertz CT molecular complexity index is 3410. The van der Waals surface area contributed by atoms with Gasteiger partial charge in [-0.3, -0.25) is 5.32 Å². The van der Waals surface area contributed by atoms with E-state index >= 15 is 0 Å². The van der Waals surface area contributed by atoms with Crippen molar-refractivity contribution in [3.63, 3.8) is 0 Å². The first-order valence-corrected chi connectivity index (χ1v) is 20.8. The maximum atomic E-state index is 4.18. The zero-order chi connectivity index (χ0) is 37.9. The summed E-state index contributed by atoms with van der Waals surface area (Å²) in [6.45, 7) is 0. The molecule has 0 saturated carbocycles. The van der Waals surface area contributed by atoms with Gasteiger partial charge < -0.3 is 14.5 Å². The van der Waals surface area contributed by atoms with Crippen LogP contribution in [0, 0.1) is 0 Å². The molecular weight excluding hydrogens is 705 g/mol. The number of allylic oxidation sites excluding steroid dienone is 2. The molecule has 4 nitrogen and oxygen atoms in total. The van der Waals surface area contributed by atoms with Crippen molar-refractivity contribution < 1.29 is 0 Å². The number of hydrogen-bond donors (Lipinski definition) is 2. The van der Waals surface area contributed by atoms with Crippen molar-refractivity contribution in [3.8, 4) is 5.69 Å². The number of fused-ring (bicyclic) bond motifs is 16. The van der Waals surface area contributed by atoms with Gasteiger partial charge in [-0.15, -0.1) is 0 Å². The largest absolute Gasteiger partial charge is 0.352 e. The van der Waals surface area contributed by atoms with Gasteiger partial charge in [0.15, 0.2) is 6.29 Å². The van der Waals surface area contributed by atoms with Crippen LogP contribution >= 0.6 is 0 Å². The summed E-state index contributed by atoms with van der Waals surface area (Å²) in [5, 5.41) is 18.7. The third kappa shape index (κ3) is 4.49. The summed E-state index contributed by atoms with van der Waals surface area (Å²) in [6, 6.07) is 54.3. The van der Waals surface area contributed by atoms with Gasteiger partial charge in [0.2, 0.25) is 0 Å². The molecule has 0 amide bonds. The minimum absolute atomic E-state index is 0.00944. The number of aromatic nitrogens is 2. The Morgan fingerprint density at radius 2 is 1.21 bits per heavy atom. The standard InChI is InChI=1S/C54H40N4/c1-2-16-35(17-3-1)52-51-42-23-10-8-20-39(42)40-21-9-11-24-43(40)53(51)56-54(55-52)58-45-25-13-12-22-41(45)44-32-36(28-31-46(44)58)57-47-29-26-33-14-4-6-18-37(33)49(47)50-38-19-7-5-15-34(38)27-30-48(50)57/h1-4,6-9,11-14,16-22,24-32,52,54-56H,5,10,15,23H2. The summed E-state index contributed by atoms with van der Waals surface area (Å²) in [5.74, 6) is 0. The Morgan fingerprint density at radius 1 is 0.517 bits per heavy atom. The molecule has 2 unspecified atom stereocenters. The van der Waals surface area contributed by atoms with E-state index in [1.54, 1.807) is 0 Å². The molecule has 2 N–H and O–H groups in total. The molecule has 4 heteroatoms. The fourth-order valence-corrected chi connectivity index (χ4v) is 10.8. The Kier molecular flexibility index (Phi) is 6.84. The van der Waals surface area contributed by atoms with Gasteiger partial charge in [0.05, 0.1) is 33.8 Å². The van der Waals surface area contributed by atoms with Crippen LogP contribution in [0.5, 0.6) is 0 Å². The lowest BCUT2D eigenvalue weighted by atomic mass is 9.81. The van der Waals surface area contributed by atoms with E-state index in [1.165, 1.54) is 110 Å². The number of aryl methyl sites for hydroxylation is 1. The van der Waals surface area contributed by atoms with Crippen LogP contribution in [-0.4, -0.2) is 9.13 Å². The fourth-order valence-electron chi connectivity index (χ4n) is 10.8. The van der Waals surface area contributed by atoms with E-state index in [9.17, 15) is 0 Å². The highest BCUT2D eigenvalue weighted by atomic mass is 15.3. The first-order chi connectivity index (χ1) is 28.8. The van der Waals surface area contributed by atoms with E-state index in [-0.39, 0.29) is 12.3 Å². The Hall–Kier alpha value is -6.88. The molecule has 3 aliphatic rings. The van der Waals surface area contributed by atoms with Crippen molar-refractivity contribution in [1.82, 2.24) is 14.5 Å². The van der Waals surface area contributed by atoms with Gasteiger partial charge in [0.25, 0.3) is 0 Å². The van der Waals surface area contributed by atoms with Crippen molar-refractivity contribution in [1.29, 1.82) is 0 Å². The predicted octanol–water partition coefficient (Wildman–Crippen LogP) is 13.4. The number of anilines is 1. The molecule has 1 aliphatic heterocycles. The summed E-state index contributed by atoms with van der Waals surface area (Å²) >= 11 is 0. The van der Waals surface area contributed by atoms with E-state index in [0.717, 1.165) is 25.7 Å². The van der Waals surface area contributed by atoms with Gasteiger partial charge in [-0.1, -0.05) is 133 Å². The van der Waals surface area contributed by atoms with Crippen LogP contribution in [0.15, 0.2) is 158 Å². The molecule has 13 rings (SSSR count). The maximum absolute atomic E-state index is 4.18. The first-order valence-electron chi connectivity index (χ1n) is 20.8. The lowest BCUT2D eigenvalue weighted by molar-refractivity contribution is 0.416. The van der Waals surface area contributed by atoms with Crippen molar-refractivity contribution in [2.75, 3.05) is 5.32 Å². The van der Waals surface area contributed by atoms with E-state index < -0.39 is 0 Å². The van der Waals surface area contributed by atoms with Crippen LogP contribution in [0.2, 0.25) is 0 Å². The lowest BCUT2D eigenvalue weighted by Gasteiger charge is -2.39. The van der Waals surface area contributed by atoms with Crippen molar-refractivity contribution >= 4 is 83.0 Å². The first kappa shape index (κ1) is 32.2. The van der Waals surface area contributed by atoms with Gasteiger partial charge in [0.1, 0.15) is 0 Å². The van der Waals surface area contributed by atoms with Gasteiger partial charge >= 0.3 is 0 Å². The molecule has 0 bridgehead atoms. The molecular formula is C54H40N4. The molecule has 0 spiro atoms. The van der Waals surface area contributed by atoms with Crippen molar-refractivity contribution in [2.45, 2.75) is 38.0 Å². The highest BCUT2D eigenvalue weighted by Crippen LogP contribution is 2.48. The zero-order valence-corrected chi connectivity index (χ0v) is 32.0. The van der Waals surface area contributed by atoms with Gasteiger partial charge in [-0.25, -0.2) is 0 Å². The Morgan fingerprint density at radius 3 is 2.10 bits per heavy atom. The molecule has 2 atom stereocenters. The molecule has 2 aliphatic carbocycles. The van der Waals surface area contributed by atoms with Crippen LogP contribution in [-0.2, 0) is 12.8 Å². The number of benzene rings is 8. The summed E-state index contributed by atoms with van der Waals surface area (Å²) in [7, 11) is 0. The summed E-state index contributed by atoms with van der Waals surface area (Å²) < 4.78 is 5.01. The highest BCUT2D eigenvalue weighted by molar-refractivity contribution is 6.24. The zero-order valence-electron chi connectivity index (χ0n) is 32.0. The van der Waals surface area contributed by atoms with Crippen molar-refractivity contribution in [3.05, 3.63) is 191 Å². The molecule has 276 valence electrons. The summed E-state index contributed by atoms with van der Waals surface area (Å²) in [4.78, 5) is 0. The second-order valence-corrected chi connectivity index (χ2v) is 16.3. The average molecular weight is 745 g/mol. The molecule has 0 saturated heterocycles. The third-order valence-corrected chi connectivity index (χ3v) is 13.3. The normalized spacial score (nSPS) is 17.3. The molecule has 10 aromatic rings. The topological polar surface area (TPSA) is 33.9 Å². The lowest BCUT2D eigenvalue weighted by Crippen LogP contribution is -2.41. The predicted molar refractivity (Wildman–Crippen MR) is 244 cm³/mol. The molecule has 8 aromatic carbocycles. The monoisotopic (exact) mass is 744 g/mol. The van der Waals surface area contributed by atoms with Crippen LogP contribution in [0.4, 0.5) is 5.69 Å². The third-order valence-electron chi connectivity index (χ3n) is 13.3. The quantitative estimate of drug-likeness (QED) is 0.189. The van der Waals surface area contributed by atoms with Crippen molar-refractivity contribution in [2.24, 2.45) is 0 Å². The number of nitrogens with zero attached hydrogens (tertiary/aromatic N) is 2. The molecule has 2 aromatic heterocycles. The number of para-hydroxylation sites is 1. The Balaban J connectivity index is 1.05. The van der Waals surface area contributed by atoms with Crippen LogP contribution < -0.4 is 10.6 Å². The van der Waals surface area contributed by atoms with Crippen LogP contribution in [0.3, 0.4) is 0 Å².